The van der Waals surface area contributed by atoms with Gasteiger partial charge in [-0.05, 0) is 51.9 Å². The quantitative estimate of drug-likeness (QED) is 0.777. The normalized spacial score (nSPS) is 23.2. The van der Waals surface area contributed by atoms with E-state index in [4.69, 9.17) is 0 Å². The second-order valence-corrected chi connectivity index (χ2v) is 4.80. The number of hydrogen-bond acceptors (Lipinski definition) is 2. The highest BCUT2D eigenvalue weighted by molar-refractivity contribution is 5.85. The first kappa shape index (κ1) is 16.5. The summed E-state index contributed by atoms with van der Waals surface area (Å²) in [5, 5.41) is 0. The second-order valence-electron chi connectivity index (χ2n) is 4.80. The second kappa shape index (κ2) is 9.52. The molecule has 0 radical (unpaired) electrons. The molecule has 2 rings (SSSR count). The summed E-state index contributed by atoms with van der Waals surface area (Å²) in [5.74, 6) is 0. The molecule has 16 heavy (non-hydrogen) atoms. The molecule has 0 N–H and O–H groups in total. The Kier molecular flexibility index (Phi) is 9.82. The first-order valence-electron chi connectivity index (χ1n) is 6.40. The first-order valence-corrected chi connectivity index (χ1v) is 6.40. The van der Waals surface area contributed by atoms with E-state index in [0.29, 0.717) is 0 Å². The minimum atomic E-state index is 0. The van der Waals surface area contributed by atoms with Gasteiger partial charge in [0, 0.05) is 13.1 Å². The molecule has 0 bridgehead atoms. The third-order valence-corrected chi connectivity index (χ3v) is 3.63. The number of likely N-dealkylation sites (tertiary alicyclic amines) is 2. The van der Waals surface area contributed by atoms with E-state index in [9.17, 15) is 0 Å². The predicted octanol–water partition coefficient (Wildman–Crippen LogP) is 2.80. The molecule has 2 nitrogen and oxygen atoms in total. The smallest absolute Gasteiger partial charge is 0.0109 e. The van der Waals surface area contributed by atoms with Crippen molar-refractivity contribution in [2.75, 3.05) is 39.3 Å². The van der Waals surface area contributed by atoms with Crippen LogP contribution in [0.5, 0.6) is 0 Å². The zero-order valence-corrected chi connectivity index (χ0v) is 11.8. The van der Waals surface area contributed by atoms with Gasteiger partial charge >= 0.3 is 0 Å². The van der Waals surface area contributed by atoms with Gasteiger partial charge in [-0.1, -0.05) is 12.8 Å². The van der Waals surface area contributed by atoms with Crippen LogP contribution in [0.15, 0.2) is 0 Å². The largest absolute Gasteiger partial charge is 0.302 e. The van der Waals surface area contributed by atoms with Crippen molar-refractivity contribution in [3.63, 3.8) is 0 Å². The van der Waals surface area contributed by atoms with Crippen LogP contribution in [0.3, 0.4) is 0 Å². The number of rotatable bonds is 3. The SMILES string of the molecule is C1CCN(CCN2CCCCC2)CC1.Cl.Cl. The van der Waals surface area contributed by atoms with Gasteiger partial charge in [-0.25, -0.2) is 0 Å². The van der Waals surface area contributed by atoms with Crippen LogP contribution in [0.2, 0.25) is 0 Å². The highest BCUT2D eigenvalue weighted by atomic mass is 35.5. The first-order chi connectivity index (χ1) is 6.95. The lowest BCUT2D eigenvalue weighted by Gasteiger charge is -2.31. The molecular weight excluding hydrogens is 243 g/mol. The average Bonchev–Trinajstić information content (AvgIpc) is 2.29. The standard InChI is InChI=1S/C12H24N2.2ClH/c1-3-7-13(8-4-1)11-12-14-9-5-2-6-10-14;;/h1-12H2;2*1H. The fourth-order valence-electron chi connectivity index (χ4n) is 2.65. The van der Waals surface area contributed by atoms with Crippen molar-refractivity contribution in [1.82, 2.24) is 9.80 Å². The summed E-state index contributed by atoms with van der Waals surface area (Å²) in [6.07, 6.45) is 8.64. The summed E-state index contributed by atoms with van der Waals surface area (Å²) < 4.78 is 0. The van der Waals surface area contributed by atoms with E-state index in [1.807, 2.05) is 0 Å². The highest BCUT2D eigenvalue weighted by Crippen LogP contribution is 2.11. The zero-order valence-electron chi connectivity index (χ0n) is 10.2. The fraction of sp³-hybridized carbons (Fsp3) is 1.00. The maximum atomic E-state index is 2.65. The van der Waals surface area contributed by atoms with Crippen LogP contribution < -0.4 is 0 Å². The van der Waals surface area contributed by atoms with E-state index in [2.05, 4.69) is 9.80 Å². The molecule has 0 unspecified atom stereocenters. The van der Waals surface area contributed by atoms with Gasteiger partial charge in [0.25, 0.3) is 0 Å². The number of halogens is 2. The molecule has 2 saturated heterocycles. The van der Waals surface area contributed by atoms with Gasteiger partial charge in [-0.2, -0.15) is 0 Å². The Morgan fingerprint density at radius 3 is 1.12 bits per heavy atom. The molecule has 0 spiro atoms. The number of nitrogens with zero attached hydrogens (tertiary/aromatic N) is 2. The Morgan fingerprint density at radius 1 is 0.500 bits per heavy atom. The summed E-state index contributed by atoms with van der Waals surface area (Å²) in [6.45, 7) is 8.06. The van der Waals surface area contributed by atoms with E-state index in [1.54, 1.807) is 0 Å². The van der Waals surface area contributed by atoms with Gasteiger partial charge in [0.15, 0.2) is 0 Å². The molecule has 0 aromatic carbocycles. The third kappa shape index (κ3) is 5.72. The lowest BCUT2D eigenvalue weighted by Crippen LogP contribution is -2.39. The van der Waals surface area contributed by atoms with E-state index in [-0.39, 0.29) is 24.8 Å². The zero-order chi connectivity index (χ0) is 9.64. The highest BCUT2D eigenvalue weighted by Gasteiger charge is 2.13. The van der Waals surface area contributed by atoms with Gasteiger partial charge < -0.3 is 9.80 Å². The van der Waals surface area contributed by atoms with Crippen molar-refractivity contribution in [2.45, 2.75) is 38.5 Å². The molecule has 0 saturated carbocycles. The predicted molar refractivity (Wildman–Crippen MR) is 75.1 cm³/mol. The van der Waals surface area contributed by atoms with Crippen LogP contribution in [-0.4, -0.2) is 49.1 Å². The van der Waals surface area contributed by atoms with E-state index in [0.717, 1.165) is 0 Å². The minimum Gasteiger partial charge on any atom is -0.302 e. The van der Waals surface area contributed by atoms with Crippen molar-refractivity contribution < 1.29 is 0 Å². The molecule has 98 valence electrons. The average molecular weight is 269 g/mol. The Morgan fingerprint density at radius 2 is 0.812 bits per heavy atom. The summed E-state index contributed by atoms with van der Waals surface area (Å²) >= 11 is 0. The van der Waals surface area contributed by atoms with Crippen molar-refractivity contribution >= 4 is 24.8 Å². The Hall–Kier alpha value is 0.500. The molecule has 2 fully saturated rings. The summed E-state index contributed by atoms with van der Waals surface area (Å²) in [4.78, 5) is 5.30. The molecule has 0 atom stereocenters. The molecule has 2 aliphatic heterocycles. The van der Waals surface area contributed by atoms with Crippen LogP contribution in [0.1, 0.15) is 38.5 Å². The van der Waals surface area contributed by atoms with Crippen LogP contribution in [0.4, 0.5) is 0 Å². The Labute approximate surface area is 113 Å². The summed E-state index contributed by atoms with van der Waals surface area (Å²) in [5.41, 5.74) is 0. The molecule has 2 heterocycles. The molecule has 0 aromatic rings. The summed E-state index contributed by atoms with van der Waals surface area (Å²) in [6, 6.07) is 0. The van der Waals surface area contributed by atoms with E-state index < -0.39 is 0 Å². The van der Waals surface area contributed by atoms with Gasteiger partial charge in [0.2, 0.25) is 0 Å². The maximum Gasteiger partial charge on any atom is 0.0109 e. The minimum absolute atomic E-state index is 0. The number of hydrogen-bond donors (Lipinski definition) is 0. The maximum absolute atomic E-state index is 2.65. The molecule has 0 aliphatic carbocycles. The topological polar surface area (TPSA) is 6.48 Å². The fourth-order valence-corrected chi connectivity index (χ4v) is 2.65. The van der Waals surface area contributed by atoms with Crippen molar-refractivity contribution in [2.24, 2.45) is 0 Å². The monoisotopic (exact) mass is 268 g/mol. The van der Waals surface area contributed by atoms with Crippen LogP contribution in [0.25, 0.3) is 0 Å². The van der Waals surface area contributed by atoms with Gasteiger partial charge in [0.05, 0.1) is 0 Å². The lowest BCUT2D eigenvalue weighted by molar-refractivity contribution is 0.166. The van der Waals surface area contributed by atoms with E-state index in [1.165, 1.54) is 77.8 Å². The van der Waals surface area contributed by atoms with Crippen LogP contribution in [0, 0.1) is 0 Å². The van der Waals surface area contributed by atoms with E-state index >= 15 is 0 Å². The molecule has 2 aliphatic rings. The number of piperidine rings is 2. The molecule has 0 amide bonds. The van der Waals surface area contributed by atoms with Crippen molar-refractivity contribution in [1.29, 1.82) is 0 Å². The third-order valence-electron chi connectivity index (χ3n) is 3.63. The summed E-state index contributed by atoms with van der Waals surface area (Å²) in [7, 11) is 0. The molecule has 0 aromatic heterocycles. The Bertz CT molecular complexity index is 137. The Balaban J connectivity index is 0.00000112. The van der Waals surface area contributed by atoms with Gasteiger partial charge in [0.1, 0.15) is 0 Å². The van der Waals surface area contributed by atoms with Crippen LogP contribution >= 0.6 is 24.8 Å². The van der Waals surface area contributed by atoms with Gasteiger partial charge in [-0.15, -0.1) is 24.8 Å². The van der Waals surface area contributed by atoms with Gasteiger partial charge in [-0.3, -0.25) is 0 Å². The lowest BCUT2D eigenvalue weighted by atomic mass is 10.1. The molecular formula is C12H26Cl2N2. The van der Waals surface area contributed by atoms with Crippen molar-refractivity contribution in [3.8, 4) is 0 Å². The van der Waals surface area contributed by atoms with Crippen molar-refractivity contribution in [3.05, 3.63) is 0 Å². The molecule has 4 heteroatoms. The van der Waals surface area contributed by atoms with Crippen LogP contribution in [-0.2, 0) is 0 Å².